The van der Waals surface area contributed by atoms with Gasteiger partial charge in [0.15, 0.2) is 6.27 Å². The summed E-state index contributed by atoms with van der Waals surface area (Å²) < 4.78 is 71.1. The van der Waals surface area contributed by atoms with E-state index in [2.05, 4.69) is 0 Å². The van der Waals surface area contributed by atoms with Gasteiger partial charge in [-0.3, -0.25) is 5.32 Å². The maximum Gasteiger partial charge on any atom is 0.152 e. The Labute approximate surface area is 59.5 Å². The Hall–Kier alpha value is -0.150. The Balaban J connectivity index is 3.43. The van der Waals surface area contributed by atoms with Gasteiger partial charge < -0.3 is 5.73 Å². The lowest BCUT2D eigenvalue weighted by Gasteiger charge is -2.21. The summed E-state index contributed by atoms with van der Waals surface area (Å²) in [5.74, 6) is 0. The van der Waals surface area contributed by atoms with E-state index in [1.807, 2.05) is 0 Å². The van der Waals surface area contributed by atoms with Crippen molar-refractivity contribution < 1.29 is 15.4 Å². The van der Waals surface area contributed by atoms with Crippen molar-refractivity contribution in [2.24, 2.45) is 5.73 Å². The summed E-state index contributed by atoms with van der Waals surface area (Å²) in [6, 6.07) is -3.24. The first-order valence-corrected chi connectivity index (χ1v) is 1.98. The fourth-order valence-corrected chi connectivity index (χ4v) is 0.334. The van der Waals surface area contributed by atoms with Gasteiger partial charge in [-0.1, -0.05) is 0 Å². The topological polar surface area (TPSA) is 38.0 Å². The largest absolute Gasteiger partial charge is 0.328 e. The van der Waals surface area contributed by atoms with Gasteiger partial charge in [-0.05, 0) is 12.9 Å². The number of nitrogens with two attached hydrogens (primary N) is 1. The molecule has 3 N–H and O–H groups in total. The fraction of sp³-hybridized carbons (Fsp3) is 1.00. The molecule has 0 spiro atoms. The summed E-state index contributed by atoms with van der Waals surface area (Å²) in [5, 5.41) is 1.25. The number of hydrogen-bond acceptors (Lipinski definition) is 2. The van der Waals surface area contributed by atoms with Crippen LogP contribution in [0, 0.1) is 0 Å². The minimum atomic E-state index is -3.70. The quantitative estimate of drug-likeness (QED) is 0.448. The zero-order chi connectivity index (χ0) is 13.2. The molecule has 2 nitrogen and oxygen atoms in total. The molecule has 0 radical (unpaired) electrons. The Morgan fingerprint density at radius 1 is 2.00 bits per heavy atom. The van der Waals surface area contributed by atoms with E-state index in [1.165, 1.54) is 5.32 Å². The first-order valence-electron chi connectivity index (χ1n) is 5.98. The van der Waals surface area contributed by atoms with Gasteiger partial charge in [0, 0.05) is 22.0 Å². The van der Waals surface area contributed by atoms with Crippen LogP contribution in [0.1, 0.15) is 23.7 Å². The van der Waals surface area contributed by atoms with Crippen LogP contribution in [0.3, 0.4) is 0 Å². The summed E-state index contributed by atoms with van der Waals surface area (Å²) >= 11 is 0. The van der Waals surface area contributed by atoms with Crippen LogP contribution >= 0.6 is 0 Å². The van der Waals surface area contributed by atoms with Crippen molar-refractivity contribution in [3.63, 3.8) is 0 Å². The molecule has 1 aliphatic heterocycles. The molecular weight excluding hydrogens is 107 g/mol. The molecule has 0 aromatic rings. The summed E-state index contributed by atoms with van der Waals surface area (Å²) in [7, 11) is 0. The van der Waals surface area contributed by atoms with Gasteiger partial charge in [0.2, 0.25) is 0 Å². The highest BCUT2D eigenvalue weighted by molar-refractivity contribution is 4.73. The third kappa shape index (κ3) is 1.42. The summed E-state index contributed by atoms with van der Waals surface area (Å²) in [6.07, 6.45) is -10.3. The number of nitrogens with one attached hydrogen (secondary N) is 1. The third-order valence-corrected chi connectivity index (χ3v) is 0.614. The van der Waals surface area contributed by atoms with Crippen LogP contribution in [0.2, 0.25) is 0 Å². The van der Waals surface area contributed by atoms with E-state index >= 15 is 0 Å². The molecule has 0 bridgehead atoms. The molecule has 1 heterocycles. The standard InChI is InChI=1S/C5H11FN2/c6-5-3-4(7)1-2-8-5/h4-5,8H,1-3,7H2/i1D2,2D2,3D2,4D,5D. The average Bonchev–Trinajstić information content (AvgIpc) is 1.98. The molecule has 1 fully saturated rings. The second-order valence-corrected chi connectivity index (χ2v) is 1.23. The lowest BCUT2D eigenvalue weighted by molar-refractivity contribution is 0.207. The minimum absolute atomic E-state index is 1.25. The van der Waals surface area contributed by atoms with E-state index in [9.17, 15) is 4.39 Å². The van der Waals surface area contributed by atoms with Gasteiger partial charge in [0.25, 0.3) is 0 Å². The Bertz CT molecular complexity index is 286. The van der Waals surface area contributed by atoms with Gasteiger partial charge >= 0.3 is 0 Å². The molecule has 8 heavy (non-hydrogen) atoms. The smallest absolute Gasteiger partial charge is 0.152 e. The average molecular weight is 126 g/mol. The van der Waals surface area contributed by atoms with Crippen molar-refractivity contribution >= 4 is 0 Å². The van der Waals surface area contributed by atoms with Crippen LogP contribution < -0.4 is 11.1 Å². The highest BCUT2D eigenvalue weighted by Crippen LogP contribution is 2.05. The highest BCUT2D eigenvalue weighted by atomic mass is 19.1. The molecule has 0 aliphatic carbocycles. The Morgan fingerprint density at radius 3 is 3.50 bits per heavy atom. The molecule has 1 aliphatic rings. The van der Waals surface area contributed by atoms with Gasteiger partial charge in [0.05, 0.1) is 1.37 Å². The van der Waals surface area contributed by atoms with Crippen molar-refractivity contribution in [1.82, 2.24) is 5.32 Å². The van der Waals surface area contributed by atoms with Gasteiger partial charge in [-0.2, -0.15) is 0 Å². The van der Waals surface area contributed by atoms with Crippen LogP contribution in [0.25, 0.3) is 0 Å². The normalized spacial score (nSPS) is 91.8. The van der Waals surface area contributed by atoms with E-state index in [1.54, 1.807) is 0 Å². The van der Waals surface area contributed by atoms with Crippen molar-refractivity contribution in [1.29, 1.82) is 0 Å². The SMILES string of the molecule is [2H]C1([2H])NC([2H])(F)C([2H])([2H])C([2H])(N)C1([2H])[2H]. The Kier molecular flexibility index (Phi) is 0.443. The summed E-state index contributed by atoms with van der Waals surface area (Å²) in [5.41, 5.74) is 5.06. The monoisotopic (exact) mass is 126 g/mol. The molecule has 2 unspecified atom stereocenters. The lowest BCUT2D eigenvalue weighted by atomic mass is 10.1. The van der Waals surface area contributed by atoms with Gasteiger partial charge in [0.1, 0.15) is 0 Å². The predicted molar refractivity (Wildman–Crippen MR) is 30.1 cm³/mol. The van der Waals surface area contributed by atoms with Crippen LogP contribution in [-0.2, 0) is 0 Å². The summed E-state index contributed by atoms with van der Waals surface area (Å²) in [6.45, 7) is -3.13. The molecule has 2 atom stereocenters. The molecule has 1 saturated heterocycles. The van der Waals surface area contributed by atoms with Crippen LogP contribution in [0.4, 0.5) is 4.39 Å². The van der Waals surface area contributed by atoms with Crippen molar-refractivity contribution in [2.75, 3.05) is 6.50 Å². The number of piperidine rings is 1. The molecule has 1 rings (SSSR count). The van der Waals surface area contributed by atoms with Crippen LogP contribution in [-0.4, -0.2) is 18.8 Å². The Morgan fingerprint density at radius 2 is 2.75 bits per heavy atom. The first-order chi connectivity index (χ1) is 6.71. The van der Waals surface area contributed by atoms with Gasteiger partial charge in [-0.25, -0.2) is 4.39 Å². The number of hydrogen-bond donors (Lipinski definition) is 2. The maximum atomic E-state index is 13.6. The zero-order valence-electron chi connectivity index (χ0n) is 12.0. The van der Waals surface area contributed by atoms with Crippen molar-refractivity contribution in [3.8, 4) is 0 Å². The van der Waals surface area contributed by atoms with Crippen molar-refractivity contribution in [3.05, 3.63) is 0 Å². The van der Waals surface area contributed by atoms with E-state index in [-0.39, 0.29) is 0 Å². The number of halogens is 1. The number of rotatable bonds is 0. The van der Waals surface area contributed by atoms with E-state index in [0.717, 1.165) is 0 Å². The highest BCUT2D eigenvalue weighted by Gasteiger charge is 2.16. The molecule has 0 saturated carbocycles. The van der Waals surface area contributed by atoms with Crippen molar-refractivity contribution in [2.45, 2.75) is 25.0 Å². The van der Waals surface area contributed by atoms with Gasteiger partial charge in [-0.15, -0.1) is 0 Å². The second kappa shape index (κ2) is 2.42. The van der Waals surface area contributed by atoms with Crippen LogP contribution in [0.5, 0.6) is 0 Å². The third-order valence-electron chi connectivity index (χ3n) is 0.614. The lowest BCUT2D eigenvalue weighted by Crippen LogP contribution is -2.41. The van der Waals surface area contributed by atoms with E-state index in [4.69, 9.17) is 16.7 Å². The second-order valence-electron chi connectivity index (χ2n) is 1.23. The molecular formula is C5H11FN2. The zero-order valence-corrected chi connectivity index (χ0v) is 3.96. The molecule has 0 aromatic carbocycles. The van der Waals surface area contributed by atoms with E-state index in [0.29, 0.717) is 0 Å². The molecule has 0 aromatic heterocycles. The summed E-state index contributed by atoms with van der Waals surface area (Å²) in [4.78, 5) is 0. The van der Waals surface area contributed by atoms with E-state index < -0.39 is 31.5 Å². The molecule has 48 valence electrons. The van der Waals surface area contributed by atoms with Crippen LogP contribution in [0.15, 0.2) is 0 Å². The number of alkyl halides is 1. The minimum Gasteiger partial charge on any atom is -0.328 e. The molecule has 0 amide bonds. The predicted octanol–water partition coefficient (Wildman–Crippen LogP) is -0.00730. The fourth-order valence-electron chi connectivity index (χ4n) is 0.334. The maximum absolute atomic E-state index is 13.6. The molecule has 3 heteroatoms. The first kappa shape index (κ1) is 1.47.